The molecular weight excluding hydrogens is 342 g/mol. The first-order valence-corrected chi connectivity index (χ1v) is 8.36. The largest absolute Gasteiger partial charge is 0.493 e. The Balaban J connectivity index is 1.96. The first-order chi connectivity index (χ1) is 12.1. The fourth-order valence-corrected chi connectivity index (χ4v) is 2.42. The van der Waals surface area contributed by atoms with Gasteiger partial charge in [0, 0.05) is 11.6 Å². The Hall–Kier alpha value is -2.40. The Labute approximate surface area is 152 Å². The molecule has 0 spiro atoms. The zero-order valence-electron chi connectivity index (χ0n) is 14.5. The van der Waals surface area contributed by atoms with Gasteiger partial charge in [-0.15, -0.1) is 0 Å². The minimum absolute atomic E-state index is 0.174. The molecule has 1 atom stereocenters. The highest BCUT2D eigenvalue weighted by Gasteiger charge is 2.18. The number of rotatable bonds is 8. The monoisotopic (exact) mass is 363 g/mol. The summed E-state index contributed by atoms with van der Waals surface area (Å²) in [4.78, 5) is 12.4. The lowest BCUT2D eigenvalue weighted by Gasteiger charge is -2.17. The summed E-state index contributed by atoms with van der Waals surface area (Å²) in [6.07, 6.45) is -0.0123. The Bertz CT molecular complexity index is 703. The van der Waals surface area contributed by atoms with Crippen LogP contribution >= 0.6 is 11.6 Å². The quantitative estimate of drug-likeness (QED) is 0.774. The molecular formula is C19H22ClNO4. The number of methoxy groups -OCH3 is 2. The number of amides is 1. The fraction of sp³-hybridized carbons (Fsp3) is 0.316. The van der Waals surface area contributed by atoms with E-state index in [1.807, 2.05) is 25.1 Å². The van der Waals surface area contributed by atoms with Gasteiger partial charge in [0.15, 0.2) is 17.6 Å². The van der Waals surface area contributed by atoms with Gasteiger partial charge in [-0.2, -0.15) is 0 Å². The van der Waals surface area contributed by atoms with Gasteiger partial charge in [0.2, 0.25) is 0 Å². The van der Waals surface area contributed by atoms with Crippen LogP contribution < -0.4 is 19.5 Å². The summed E-state index contributed by atoms with van der Waals surface area (Å²) in [5.74, 6) is 1.71. The van der Waals surface area contributed by atoms with Gasteiger partial charge in [-0.25, -0.2) is 0 Å². The van der Waals surface area contributed by atoms with Crippen LogP contribution in [-0.2, 0) is 11.3 Å². The maximum absolute atomic E-state index is 12.4. The van der Waals surface area contributed by atoms with Crippen LogP contribution in [0.25, 0.3) is 0 Å². The fourth-order valence-electron chi connectivity index (χ4n) is 2.29. The smallest absolute Gasteiger partial charge is 0.261 e. The normalized spacial score (nSPS) is 11.5. The zero-order valence-corrected chi connectivity index (χ0v) is 15.3. The third kappa shape index (κ3) is 5.29. The van der Waals surface area contributed by atoms with Gasteiger partial charge >= 0.3 is 0 Å². The van der Waals surface area contributed by atoms with E-state index < -0.39 is 6.10 Å². The van der Waals surface area contributed by atoms with Crippen LogP contribution in [0.15, 0.2) is 42.5 Å². The molecule has 2 aromatic carbocycles. The first-order valence-electron chi connectivity index (χ1n) is 7.98. The van der Waals surface area contributed by atoms with Gasteiger partial charge in [0.05, 0.1) is 14.2 Å². The van der Waals surface area contributed by atoms with Crippen molar-refractivity contribution in [3.63, 3.8) is 0 Å². The van der Waals surface area contributed by atoms with Gasteiger partial charge in [0.25, 0.3) is 5.91 Å². The molecule has 5 nitrogen and oxygen atoms in total. The molecule has 2 rings (SSSR count). The van der Waals surface area contributed by atoms with Crippen molar-refractivity contribution >= 4 is 17.5 Å². The van der Waals surface area contributed by atoms with Crippen molar-refractivity contribution in [2.45, 2.75) is 26.0 Å². The van der Waals surface area contributed by atoms with Crippen molar-refractivity contribution in [1.82, 2.24) is 5.32 Å². The van der Waals surface area contributed by atoms with Crippen LogP contribution in [-0.4, -0.2) is 26.2 Å². The van der Waals surface area contributed by atoms with E-state index >= 15 is 0 Å². The van der Waals surface area contributed by atoms with E-state index in [1.54, 1.807) is 38.5 Å². The summed E-state index contributed by atoms with van der Waals surface area (Å²) in [6, 6.07) is 12.5. The van der Waals surface area contributed by atoms with Gasteiger partial charge in [-0.3, -0.25) is 4.79 Å². The van der Waals surface area contributed by atoms with Crippen molar-refractivity contribution in [3.8, 4) is 17.2 Å². The van der Waals surface area contributed by atoms with Gasteiger partial charge in [0.1, 0.15) is 5.75 Å². The minimum Gasteiger partial charge on any atom is -0.493 e. The number of ether oxygens (including phenoxy) is 3. The van der Waals surface area contributed by atoms with Gasteiger partial charge in [-0.1, -0.05) is 24.6 Å². The minimum atomic E-state index is -0.568. The molecule has 1 amide bonds. The highest BCUT2D eigenvalue weighted by Crippen LogP contribution is 2.27. The molecule has 6 heteroatoms. The molecule has 0 aliphatic heterocycles. The van der Waals surface area contributed by atoms with E-state index in [-0.39, 0.29) is 5.91 Å². The lowest BCUT2D eigenvalue weighted by Crippen LogP contribution is -2.37. The molecule has 0 fully saturated rings. The van der Waals surface area contributed by atoms with Crippen molar-refractivity contribution in [2.75, 3.05) is 14.2 Å². The molecule has 2 aromatic rings. The Kier molecular flexibility index (Phi) is 6.95. The van der Waals surface area contributed by atoms with Gasteiger partial charge < -0.3 is 19.5 Å². The van der Waals surface area contributed by atoms with Crippen molar-refractivity contribution in [2.24, 2.45) is 0 Å². The summed E-state index contributed by atoms with van der Waals surface area (Å²) in [5, 5.41) is 3.51. The number of carbonyl (C=O) groups is 1. The molecule has 25 heavy (non-hydrogen) atoms. The maximum atomic E-state index is 12.4. The number of hydrogen-bond acceptors (Lipinski definition) is 4. The van der Waals surface area contributed by atoms with E-state index in [2.05, 4.69) is 5.32 Å². The van der Waals surface area contributed by atoms with Crippen molar-refractivity contribution < 1.29 is 19.0 Å². The highest BCUT2D eigenvalue weighted by molar-refractivity contribution is 6.30. The molecule has 0 saturated carbocycles. The molecule has 1 N–H and O–H groups in total. The second kappa shape index (κ2) is 9.18. The van der Waals surface area contributed by atoms with E-state index in [0.717, 1.165) is 5.56 Å². The topological polar surface area (TPSA) is 56.8 Å². The molecule has 0 heterocycles. The molecule has 0 radical (unpaired) electrons. The SMILES string of the molecule is CC[C@H](Oc1ccc(Cl)cc1)C(=O)NCc1ccc(OC)c(OC)c1. The van der Waals surface area contributed by atoms with Crippen LogP contribution in [0.2, 0.25) is 5.02 Å². The van der Waals surface area contributed by atoms with Gasteiger partial charge in [-0.05, 0) is 48.4 Å². The predicted molar refractivity (Wildman–Crippen MR) is 97.6 cm³/mol. The summed E-state index contributed by atoms with van der Waals surface area (Å²) in [6.45, 7) is 2.27. The second-order valence-electron chi connectivity index (χ2n) is 5.38. The van der Waals surface area contributed by atoms with Crippen LogP contribution in [0.3, 0.4) is 0 Å². The standard InChI is InChI=1S/C19H22ClNO4/c1-4-16(25-15-8-6-14(20)7-9-15)19(22)21-12-13-5-10-17(23-2)18(11-13)24-3/h5-11,16H,4,12H2,1-3H3,(H,21,22)/t16-/m0/s1. The molecule has 134 valence electrons. The Morgan fingerprint density at radius 3 is 2.36 bits per heavy atom. The lowest BCUT2D eigenvalue weighted by atomic mass is 10.2. The number of hydrogen-bond donors (Lipinski definition) is 1. The maximum Gasteiger partial charge on any atom is 0.261 e. The molecule has 0 unspecified atom stereocenters. The Morgan fingerprint density at radius 1 is 1.08 bits per heavy atom. The molecule has 0 bridgehead atoms. The molecule has 0 saturated heterocycles. The van der Waals surface area contributed by atoms with Crippen LogP contribution in [0.1, 0.15) is 18.9 Å². The number of nitrogens with one attached hydrogen (secondary N) is 1. The number of benzene rings is 2. The number of carbonyl (C=O) groups excluding carboxylic acids is 1. The van der Waals surface area contributed by atoms with Crippen molar-refractivity contribution in [1.29, 1.82) is 0 Å². The van der Waals surface area contributed by atoms with Crippen molar-refractivity contribution in [3.05, 3.63) is 53.1 Å². The number of halogens is 1. The van der Waals surface area contributed by atoms with E-state index in [9.17, 15) is 4.79 Å². The molecule has 0 aliphatic carbocycles. The van der Waals surface area contributed by atoms with E-state index in [0.29, 0.717) is 35.2 Å². The summed E-state index contributed by atoms with van der Waals surface area (Å²) in [7, 11) is 3.16. The first kappa shape index (κ1) is 18.9. The average molecular weight is 364 g/mol. The van der Waals surface area contributed by atoms with E-state index in [1.165, 1.54) is 0 Å². The Morgan fingerprint density at radius 2 is 1.76 bits per heavy atom. The predicted octanol–water partition coefficient (Wildman–Crippen LogP) is 3.83. The lowest BCUT2D eigenvalue weighted by molar-refractivity contribution is -0.128. The highest BCUT2D eigenvalue weighted by atomic mass is 35.5. The zero-order chi connectivity index (χ0) is 18.2. The third-order valence-corrected chi connectivity index (χ3v) is 3.92. The van der Waals surface area contributed by atoms with Crippen LogP contribution in [0, 0.1) is 0 Å². The van der Waals surface area contributed by atoms with Crippen LogP contribution in [0.4, 0.5) is 0 Å². The second-order valence-corrected chi connectivity index (χ2v) is 5.81. The summed E-state index contributed by atoms with van der Waals surface area (Å²) in [5.41, 5.74) is 0.910. The summed E-state index contributed by atoms with van der Waals surface area (Å²) >= 11 is 5.85. The molecule has 0 aromatic heterocycles. The van der Waals surface area contributed by atoms with Crippen LogP contribution in [0.5, 0.6) is 17.2 Å². The average Bonchev–Trinajstić information content (AvgIpc) is 2.65. The summed E-state index contributed by atoms with van der Waals surface area (Å²) < 4.78 is 16.2. The third-order valence-electron chi connectivity index (χ3n) is 3.67. The molecule has 0 aliphatic rings. The van der Waals surface area contributed by atoms with E-state index in [4.69, 9.17) is 25.8 Å².